The van der Waals surface area contributed by atoms with Crippen molar-refractivity contribution in [3.8, 4) is 0 Å². The van der Waals surface area contributed by atoms with Crippen LogP contribution < -0.4 is 21.9 Å². The Balaban J connectivity index is 1.60. The average Bonchev–Trinajstić information content (AvgIpc) is 2.70. The number of nitrogens with two attached hydrogens (primary N) is 1. The van der Waals surface area contributed by atoms with Crippen molar-refractivity contribution in [2.45, 2.75) is 50.7 Å². The first-order valence-electron chi connectivity index (χ1n) is 10.4. The van der Waals surface area contributed by atoms with Crippen molar-refractivity contribution in [1.82, 2.24) is 15.2 Å². The normalized spacial score (nSPS) is 25.7. The summed E-state index contributed by atoms with van der Waals surface area (Å²) in [6, 6.07) is 11.0. The molecule has 0 aliphatic heterocycles. The van der Waals surface area contributed by atoms with Crippen LogP contribution in [0.15, 0.2) is 47.4 Å². The number of nitrogens with one attached hydrogen (secondary N) is 2. The summed E-state index contributed by atoms with van der Waals surface area (Å²) in [6.45, 7) is 1.88. The van der Waals surface area contributed by atoms with Crippen molar-refractivity contribution in [3.05, 3.63) is 69.6 Å². The summed E-state index contributed by atoms with van der Waals surface area (Å²) >= 11 is 0. The van der Waals surface area contributed by atoms with Crippen LogP contribution >= 0.6 is 0 Å². The van der Waals surface area contributed by atoms with Gasteiger partial charge in [0.15, 0.2) is 0 Å². The molecule has 4 N–H and O–H groups in total. The summed E-state index contributed by atoms with van der Waals surface area (Å²) in [5, 5.41) is 5.55. The summed E-state index contributed by atoms with van der Waals surface area (Å²) in [5.41, 5.74) is 6.98. The first kappa shape index (κ1) is 20.3. The second kappa shape index (κ2) is 7.72. The second-order valence-electron chi connectivity index (χ2n) is 8.77. The number of nitrogens with zero attached hydrogens (tertiary/aromatic N) is 1. The molecule has 0 saturated heterocycles. The van der Waals surface area contributed by atoms with Crippen LogP contribution in [0.3, 0.4) is 0 Å². The van der Waals surface area contributed by atoms with Gasteiger partial charge >= 0.3 is 0 Å². The highest BCUT2D eigenvalue weighted by atomic mass is 16.2. The van der Waals surface area contributed by atoms with Crippen LogP contribution in [0.25, 0.3) is 0 Å². The SMILES string of the molecule is CNC(=O)c1cc(C(=O)NC2CC3(CC(N)C3)C2)cn(C(C)c2ccccc2)c1=O. The molecule has 0 bridgehead atoms. The number of hydrogen-bond donors (Lipinski definition) is 3. The molecule has 7 heteroatoms. The van der Waals surface area contributed by atoms with Gasteiger partial charge in [-0.15, -0.1) is 0 Å². The van der Waals surface area contributed by atoms with Gasteiger partial charge < -0.3 is 20.9 Å². The Kier molecular flexibility index (Phi) is 5.24. The Morgan fingerprint density at radius 1 is 1.13 bits per heavy atom. The topological polar surface area (TPSA) is 106 Å². The minimum absolute atomic E-state index is 0.0389. The van der Waals surface area contributed by atoms with Gasteiger partial charge in [-0.1, -0.05) is 30.3 Å². The van der Waals surface area contributed by atoms with E-state index in [-0.39, 0.29) is 23.6 Å². The lowest BCUT2D eigenvalue weighted by atomic mass is 9.52. The number of carbonyl (C=O) groups excluding carboxylic acids is 2. The van der Waals surface area contributed by atoms with Gasteiger partial charge in [0.1, 0.15) is 5.56 Å². The van der Waals surface area contributed by atoms with Gasteiger partial charge in [0, 0.05) is 25.3 Å². The lowest BCUT2D eigenvalue weighted by molar-refractivity contribution is -0.0159. The van der Waals surface area contributed by atoms with E-state index in [4.69, 9.17) is 5.73 Å². The summed E-state index contributed by atoms with van der Waals surface area (Å²) in [7, 11) is 1.47. The van der Waals surface area contributed by atoms with Gasteiger partial charge in [0.2, 0.25) is 0 Å². The molecule has 1 aromatic carbocycles. The van der Waals surface area contributed by atoms with Crippen molar-refractivity contribution < 1.29 is 9.59 Å². The van der Waals surface area contributed by atoms with Crippen LogP contribution in [-0.4, -0.2) is 35.5 Å². The zero-order valence-corrected chi connectivity index (χ0v) is 17.4. The fourth-order valence-electron chi connectivity index (χ4n) is 4.95. The Hall–Kier alpha value is -2.93. The van der Waals surface area contributed by atoms with Crippen LogP contribution in [0.5, 0.6) is 0 Å². The molecule has 158 valence electrons. The first-order chi connectivity index (χ1) is 14.3. The highest BCUT2D eigenvalue weighted by Gasteiger charge is 2.52. The molecular weight excluding hydrogens is 380 g/mol. The van der Waals surface area contributed by atoms with E-state index in [0.29, 0.717) is 17.0 Å². The van der Waals surface area contributed by atoms with E-state index in [1.54, 1.807) is 6.20 Å². The van der Waals surface area contributed by atoms with E-state index in [1.165, 1.54) is 17.7 Å². The molecule has 2 aliphatic rings. The van der Waals surface area contributed by atoms with E-state index < -0.39 is 11.5 Å². The molecule has 1 atom stereocenters. The monoisotopic (exact) mass is 408 g/mol. The van der Waals surface area contributed by atoms with Crippen molar-refractivity contribution in [2.24, 2.45) is 11.1 Å². The molecule has 2 fully saturated rings. The first-order valence-corrected chi connectivity index (χ1v) is 10.4. The van der Waals surface area contributed by atoms with E-state index in [0.717, 1.165) is 31.2 Å². The Morgan fingerprint density at radius 3 is 2.40 bits per heavy atom. The van der Waals surface area contributed by atoms with Crippen LogP contribution in [0.2, 0.25) is 0 Å². The average molecular weight is 409 g/mol. The smallest absolute Gasteiger partial charge is 0.264 e. The molecule has 7 nitrogen and oxygen atoms in total. The minimum Gasteiger partial charge on any atom is -0.355 e. The van der Waals surface area contributed by atoms with Gasteiger partial charge in [-0.3, -0.25) is 14.4 Å². The zero-order chi connectivity index (χ0) is 21.5. The number of hydrogen-bond acceptors (Lipinski definition) is 4. The fraction of sp³-hybridized carbons (Fsp3) is 0.435. The standard InChI is InChI=1S/C23H28N4O3/c1-14(15-6-4-3-5-7-15)27-13-16(8-19(22(27)30)21(29)25-2)20(28)26-18-11-23(12-18)9-17(24)10-23/h3-8,13-14,17-18H,9-12,24H2,1-2H3,(H,25,29)(H,26,28). The van der Waals surface area contributed by atoms with E-state index in [9.17, 15) is 14.4 Å². The molecule has 2 aliphatic carbocycles. The zero-order valence-electron chi connectivity index (χ0n) is 17.4. The van der Waals surface area contributed by atoms with Crippen LogP contribution in [0, 0.1) is 5.41 Å². The Morgan fingerprint density at radius 2 is 1.80 bits per heavy atom. The van der Waals surface area contributed by atoms with Gasteiger partial charge in [-0.25, -0.2) is 0 Å². The Bertz CT molecular complexity index is 1020. The maximum Gasteiger partial charge on any atom is 0.264 e. The molecule has 1 spiro atoms. The molecule has 30 heavy (non-hydrogen) atoms. The second-order valence-corrected chi connectivity index (χ2v) is 8.77. The molecule has 1 heterocycles. The van der Waals surface area contributed by atoms with Crippen LogP contribution in [-0.2, 0) is 0 Å². The lowest BCUT2D eigenvalue weighted by Crippen LogP contribution is -2.59. The third kappa shape index (κ3) is 3.65. The molecule has 1 aromatic heterocycles. The predicted molar refractivity (Wildman–Crippen MR) is 114 cm³/mol. The molecule has 2 aromatic rings. The largest absolute Gasteiger partial charge is 0.355 e. The summed E-state index contributed by atoms with van der Waals surface area (Å²) in [5.74, 6) is -0.771. The van der Waals surface area contributed by atoms with E-state index >= 15 is 0 Å². The van der Waals surface area contributed by atoms with Crippen LogP contribution in [0.1, 0.15) is 64.9 Å². The summed E-state index contributed by atoms with van der Waals surface area (Å²) in [4.78, 5) is 38.2. The predicted octanol–water partition coefficient (Wildman–Crippen LogP) is 1.82. The Labute approximate surface area is 175 Å². The van der Waals surface area contributed by atoms with Gasteiger partial charge in [0.05, 0.1) is 11.6 Å². The third-order valence-electron chi connectivity index (χ3n) is 6.56. The molecule has 2 saturated carbocycles. The third-order valence-corrected chi connectivity index (χ3v) is 6.56. The number of benzene rings is 1. The highest BCUT2D eigenvalue weighted by Crippen LogP contribution is 2.55. The number of aromatic nitrogens is 1. The number of amides is 2. The molecular formula is C23H28N4O3. The quantitative estimate of drug-likeness (QED) is 0.702. The molecule has 2 amide bonds. The number of rotatable bonds is 5. The minimum atomic E-state index is -0.505. The molecule has 1 unspecified atom stereocenters. The number of pyridine rings is 1. The van der Waals surface area contributed by atoms with Crippen molar-refractivity contribution in [1.29, 1.82) is 0 Å². The van der Waals surface area contributed by atoms with E-state index in [2.05, 4.69) is 10.6 Å². The maximum absolute atomic E-state index is 13.0. The van der Waals surface area contributed by atoms with E-state index in [1.807, 2.05) is 37.3 Å². The summed E-state index contributed by atoms with van der Waals surface area (Å²) in [6.07, 6.45) is 5.48. The highest BCUT2D eigenvalue weighted by molar-refractivity contribution is 5.99. The molecule has 4 rings (SSSR count). The van der Waals surface area contributed by atoms with Crippen molar-refractivity contribution in [2.75, 3.05) is 7.05 Å². The van der Waals surface area contributed by atoms with Gasteiger partial charge in [-0.05, 0) is 49.7 Å². The van der Waals surface area contributed by atoms with Gasteiger partial charge in [0.25, 0.3) is 17.4 Å². The van der Waals surface area contributed by atoms with Crippen molar-refractivity contribution in [3.63, 3.8) is 0 Å². The summed E-state index contributed by atoms with van der Waals surface area (Å²) < 4.78 is 1.46. The maximum atomic E-state index is 13.0. The van der Waals surface area contributed by atoms with Crippen LogP contribution in [0.4, 0.5) is 0 Å². The lowest BCUT2D eigenvalue weighted by Gasteiger charge is -2.57. The molecule has 0 radical (unpaired) electrons. The van der Waals surface area contributed by atoms with Crippen molar-refractivity contribution >= 4 is 11.8 Å². The van der Waals surface area contributed by atoms with Gasteiger partial charge in [-0.2, -0.15) is 0 Å². The number of carbonyl (C=O) groups is 2. The fourth-order valence-corrected chi connectivity index (χ4v) is 4.95.